The molecule has 0 unspecified atom stereocenters. The summed E-state index contributed by atoms with van der Waals surface area (Å²) in [5.74, 6) is 0.188. The highest BCUT2D eigenvalue weighted by molar-refractivity contribution is 7.80. The van der Waals surface area contributed by atoms with Crippen molar-refractivity contribution in [2.75, 3.05) is 12.4 Å². The number of ether oxygens (including phenoxy) is 1. The van der Waals surface area contributed by atoms with Crippen molar-refractivity contribution in [1.29, 1.82) is 0 Å². The van der Waals surface area contributed by atoms with Gasteiger partial charge in [-0.3, -0.25) is 4.79 Å². The van der Waals surface area contributed by atoms with Crippen molar-refractivity contribution in [3.8, 4) is 5.75 Å². The maximum Gasteiger partial charge on any atom is 0.269 e. The minimum absolute atomic E-state index is 0.183. The van der Waals surface area contributed by atoms with Gasteiger partial charge < -0.3 is 15.8 Å². The van der Waals surface area contributed by atoms with E-state index in [1.165, 1.54) is 7.11 Å². The Labute approximate surface area is 131 Å². The fourth-order valence-electron chi connectivity index (χ4n) is 1.82. The predicted octanol–water partition coefficient (Wildman–Crippen LogP) is 2.00. The van der Waals surface area contributed by atoms with Crippen LogP contribution < -0.4 is 15.8 Å². The number of nitrogens with zero attached hydrogens (tertiary/aromatic N) is 2. The van der Waals surface area contributed by atoms with E-state index in [1.54, 1.807) is 18.2 Å². The lowest BCUT2D eigenvalue weighted by atomic mass is 10.1. The minimum atomic E-state index is -0.302. The topological polar surface area (TPSA) is 90.1 Å². The molecule has 1 heterocycles. The normalized spacial score (nSPS) is 10.2. The van der Waals surface area contributed by atoms with Gasteiger partial charge in [0.25, 0.3) is 5.91 Å². The van der Waals surface area contributed by atoms with Gasteiger partial charge in [-0.05, 0) is 30.1 Å². The van der Waals surface area contributed by atoms with Crippen molar-refractivity contribution in [3.05, 3.63) is 34.3 Å². The van der Waals surface area contributed by atoms with Crippen LogP contribution in [0.15, 0.2) is 18.2 Å². The van der Waals surface area contributed by atoms with E-state index in [0.717, 1.165) is 11.5 Å². The van der Waals surface area contributed by atoms with Crippen molar-refractivity contribution in [2.45, 2.75) is 13.3 Å². The van der Waals surface area contributed by atoms with E-state index in [-0.39, 0.29) is 10.9 Å². The number of aryl methyl sites for hydroxylation is 1. The highest BCUT2D eigenvalue weighted by Crippen LogP contribution is 2.29. The van der Waals surface area contributed by atoms with E-state index in [4.69, 9.17) is 22.7 Å². The lowest BCUT2D eigenvalue weighted by molar-refractivity contribution is 0.102. The second-order valence-corrected chi connectivity index (χ2v) is 5.30. The Morgan fingerprint density at radius 1 is 1.52 bits per heavy atom. The number of carbonyl (C=O) groups is 1. The lowest BCUT2D eigenvalue weighted by Gasteiger charge is -2.13. The van der Waals surface area contributed by atoms with Crippen LogP contribution in [0.25, 0.3) is 0 Å². The number of benzene rings is 1. The smallest absolute Gasteiger partial charge is 0.269 e. The number of rotatable bonds is 5. The van der Waals surface area contributed by atoms with Gasteiger partial charge in [-0.2, -0.15) is 0 Å². The molecule has 0 atom stereocenters. The van der Waals surface area contributed by atoms with Crippen LogP contribution in [-0.4, -0.2) is 27.6 Å². The highest BCUT2D eigenvalue weighted by atomic mass is 32.1. The number of para-hydroxylation sites is 1. The van der Waals surface area contributed by atoms with Gasteiger partial charge in [0.15, 0.2) is 0 Å². The second kappa shape index (κ2) is 6.59. The van der Waals surface area contributed by atoms with Gasteiger partial charge in [-0.15, -0.1) is 5.10 Å². The largest absolute Gasteiger partial charge is 0.495 e. The molecule has 0 saturated heterocycles. The van der Waals surface area contributed by atoms with Crippen LogP contribution in [0.5, 0.6) is 5.75 Å². The molecule has 21 heavy (non-hydrogen) atoms. The maximum atomic E-state index is 12.4. The van der Waals surface area contributed by atoms with Crippen LogP contribution in [0.1, 0.15) is 27.9 Å². The Balaban J connectivity index is 2.39. The first-order chi connectivity index (χ1) is 10.1. The van der Waals surface area contributed by atoms with E-state index in [0.29, 0.717) is 34.0 Å². The van der Waals surface area contributed by atoms with Crippen LogP contribution in [-0.2, 0) is 6.42 Å². The number of thiocarbonyl (C=S) groups is 1. The molecule has 8 heteroatoms. The average molecular weight is 322 g/mol. The monoisotopic (exact) mass is 322 g/mol. The number of nitrogens with one attached hydrogen (secondary N) is 1. The van der Waals surface area contributed by atoms with Crippen molar-refractivity contribution in [1.82, 2.24) is 9.59 Å². The molecule has 0 bridgehead atoms. The molecule has 0 radical (unpaired) electrons. The molecule has 0 fully saturated rings. The second-order valence-electron chi connectivity index (χ2n) is 4.10. The number of hydrogen-bond donors (Lipinski definition) is 2. The molecule has 0 aliphatic carbocycles. The van der Waals surface area contributed by atoms with Crippen LogP contribution in [0, 0.1) is 0 Å². The third-order valence-corrected chi connectivity index (χ3v) is 3.83. The molecule has 6 nitrogen and oxygen atoms in total. The molecular weight excluding hydrogens is 308 g/mol. The average Bonchev–Trinajstić information content (AvgIpc) is 2.95. The van der Waals surface area contributed by atoms with Gasteiger partial charge in [0.2, 0.25) is 0 Å². The summed E-state index contributed by atoms with van der Waals surface area (Å²) in [6.07, 6.45) is 0.632. The molecule has 0 aliphatic heterocycles. The van der Waals surface area contributed by atoms with Gasteiger partial charge in [-0.25, -0.2) is 0 Å². The Bertz CT molecular complexity index is 685. The summed E-state index contributed by atoms with van der Waals surface area (Å²) >= 11 is 6.06. The van der Waals surface area contributed by atoms with E-state index in [2.05, 4.69) is 14.9 Å². The maximum absolute atomic E-state index is 12.4. The number of hydrogen-bond acceptors (Lipinski definition) is 6. The summed E-state index contributed by atoms with van der Waals surface area (Å²) in [6.45, 7) is 1.91. The number of nitrogens with two attached hydrogens (primary N) is 1. The molecule has 0 spiro atoms. The number of methoxy groups -OCH3 is 1. The molecule has 0 aliphatic rings. The molecule has 2 rings (SSSR count). The Morgan fingerprint density at radius 3 is 2.90 bits per heavy atom. The van der Waals surface area contributed by atoms with E-state index < -0.39 is 0 Å². The van der Waals surface area contributed by atoms with Crippen molar-refractivity contribution >= 4 is 40.3 Å². The number of amides is 1. The number of carbonyl (C=O) groups excluding carboxylic acids is 1. The molecule has 2 aromatic rings. The quantitative estimate of drug-likeness (QED) is 0.818. The third-order valence-electron chi connectivity index (χ3n) is 2.85. The van der Waals surface area contributed by atoms with Crippen molar-refractivity contribution in [3.63, 3.8) is 0 Å². The number of aromatic nitrogens is 2. The summed E-state index contributed by atoms with van der Waals surface area (Å²) < 4.78 is 9.06. The van der Waals surface area contributed by atoms with Gasteiger partial charge in [0.05, 0.1) is 18.5 Å². The Kier molecular flexibility index (Phi) is 4.81. The van der Waals surface area contributed by atoms with E-state index in [1.807, 2.05) is 6.92 Å². The van der Waals surface area contributed by atoms with Gasteiger partial charge in [-0.1, -0.05) is 29.7 Å². The standard InChI is InChI=1S/C13H14N4O2S2/c1-3-8-11(21-17-16-8)13(18)15-10-7(12(14)20)5-4-6-9(10)19-2/h4-6H,3H2,1-2H3,(H2,14,20)(H,15,18). The van der Waals surface area contributed by atoms with Crippen LogP contribution in [0.3, 0.4) is 0 Å². The SMILES string of the molecule is CCc1nnsc1C(=O)Nc1c(OC)cccc1C(N)=S. The van der Waals surface area contributed by atoms with Gasteiger partial charge >= 0.3 is 0 Å². The van der Waals surface area contributed by atoms with Gasteiger partial charge in [0, 0.05) is 5.56 Å². The third kappa shape index (κ3) is 3.17. The summed E-state index contributed by atoms with van der Waals surface area (Å²) in [5, 5.41) is 6.71. The Hall–Kier alpha value is -2.06. The lowest BCUT2D eigenvalue weighted by Crippen LogP contribution is -2.18. The van der Waals surface area contributed by atoms with Crippen LogP contribution in [0.2, 0.25) is 0 Å². The summed E-state index contributed by atoms with van der Waals surface area (Å²) in [5.41, 5.74) is 7.35. The van der Waals surface area contributed by atoms with Crippen molar-refractivity contribution < 1.29 is 9.53 Å². The zero-order chi connectivity index (χ0) is 15.4. The fraction of sp³-hybridized carbons (Fsp3) is 0.231. The van der Waals surface area contributed by atoms with Gasteiger partial charge in [0.1, 0.15) is 15.6 Å². The summed E-state index contributed by atoms with van der Waals surface area (Å²) in [4.78, 5) is 13.0. The fourth-order valence-corrected chi connectivity index (χ4v) is 2.63. The van der Waals surface area contributed by atoms with E-state index >= 15 is 0 Å². The number of anilines is 1. The van der Waals surface area contributed by atoms with E-state index in [9.17, 15) is 4.79 Å². The molecule has 3 N–H and O–H groups in total. The first kappa shape index (κ1) is 15.3. The zero-order valence-corrected chi connectivity index (χ0v) is 13.2. The molecule has 110 valence electrons. The first-order valence-corrected chi connectivity index (χ1v) is 7.36. The Morgan fingerprint density at radius 2 is 2.29 bits per heavy atom. The summed E-state index contributed by atoms with van der Waals surface area (Å²) in [6, 6.07) is 5.21. The van der Waals surface area contributed by atoms with Crippen molar-refractivity contribution in [2.24, 2.45) is 5.73 Å². The molecular formula is C13H14N4O2S2. The molecule has 0 saturated carbocycles. The predicted molar refractivity (Wildman–Crippen MR) is 86.1 cm³/mol. The van der Waals surface area contributed by atoms with Crippen LogP contribution in [0.4, 0.5) is 5.69 Å². The highest BCUT2D eigenvalue weighted by Gasteiger charge is 2.19. The summed E-state index contributed by atoms with van der Waals surface area (Å²) in [7, 11) is 1.51. The molecule has 1 aromatic carbocycles. The van der Waals surface area contributed by atoms with Crippen LogP contribution >= 0.6 is 23.8 Å². The minimum Gasteiger partial charge on any atom is -0.495 e. The zero-order valence-electron chi connectivity index (χ0n) is 11.5. The molecule has 1 amide bonds. The molecule has 1 aromatic heterocycles. The first-order valence-electron chi connectivity index (χ1n) is 6.17.